The molecule has 0 saturated carbocycles. The largest absolute Gasteiger partial charge is 0.356 e. The first-order chi connectivity index (χ1) is 12.5. The topological polar surface area (TPSA) is 29.0 Å². The third kappa shape index (κ3) is 3.21. The Morgan fingerprint density at radius 3 is 2.38 bits per heavy atom. The highest BCUT2D eigenvalue weighted by molar-refractivity contribution is 7.19. The lowest BCUT2D eigenvalue weighted by Crippen LogP contribution is -2.30. The lowest BCUT2D eigenvalue weighted by atomic mass is 9.97. The molecular weight excluding hydrogens is 362 g/mol. The fourth-order valence-electron chi connectivity index (χ4n) is 3.79. The molecule has 2 aromatic heterocycles. The Morgan fingerprint density at radius 2 is 1.73 bits per heavy atom. The van der Waals surface area contributed by atoms with Crippen molar-refractivity contribution in [2.24, 2.45) is 0 Å². The third-order valence-electron chi connectivity index (χ3n) is 5.20. The molecule has 1 aromatic carbocycles. The number of aromatic nitrogens is 2. The fourth-order valence-corrected chi connectivity index (χ4v) is 5.04. The van der Waals surface area contributed by atoms with Crippen molar-refractivity contribution in [3.63, 3.8) is 0 Å². The molecular formula is C21H24ClN3S. The van der Waals surface area contributed by atoms with Crippen molar-refractivity contribution in [2.75, 3.05) is 18.0 Å². The van der Waals surface area contributed by atoms with E-state index in [-0.39, 0.29) is 0 Å². The number of aryl methyl sites for hydroxylation is 1. The van der Waals surface area contributed by atoms with Crippen LogP contribution in [0.25, 0.3) is 21.3 Å². The molecule has 0 aliphatic carbocycles. The highest BCUT2D eigenvalue weighted by Gasteiger charge is 2.22. The van der Waals surface area contributed by atoms with Crippen LogP contribution in [0.5, 0.6) is 0 Å². The molecule has 1 fully saturated rings. The highest BCUT2D eigenvalue weighted by atomic mass is 35.5. The van der Waals surface area contributed by atoms with Gasteiger partial charge in [-0.2, -0.15) is 4.98 Å². The summed E-state index contributed by atoms with van der Waals surface area (Å²) < 4.78 is 0. The number of anilines is 1. The minimum Gasteiger partial charge on any atom is -0.356 e. The summed E-state index contributed by atoms with van der Waals surface area (Å²) in [5.74, 6) is 1.54. The van der Waals surface area contributed by atoms with Crippen LogP contribution in [-0.2, 0) is 0 Å². The smallest absolute Gasteiger partial charge is 0.225 e. The fraction of sp³-hybridized carbons (Fsp3) is 0.429. The van der Waals surface area contributed by atoms with E-state index in [1.165, 1.54) is 40.8 Å². The number of piperidine rings is 1. The summed E-state index contributed by atoms with van der Waals surface area (Å²) in [5.41, 5.74) is 3.86. The molecule has 4 rings (SSSR count). The van der Waals surface area contributed by atoms with Crippen molar-refractivity contribution in [3.8, 4) is 11.1 Å². The van der Waals surface area contributed by atoms with Gasteiger partial charge in [0.15, 0.2) is 0 Å². The zero-order chi connectivity index (χ0) is 18.3. The Morgan fingerprint density at radius 1 is 1.04 bits per heavy atom. The van der Waals surface area contributed by atoms with Gasteiger partial charge < -0.3 is 4.90 Å². The Balaban J connectivity index is 1.90. The van der Waals surface area contributed by atoms with Crippen LogP contribution in [0.3, 0.4) is 0 Å². The minimum absolute atomic E-state index is 0.348. The van der Waals surface area contributed by atoms with E-state index >= 15 is 0 Å². The van der Waals surface area contributed by atoms with Gasteiger partial charge in [-0.3, -0.25) is 0 Å². The van der Waals surface area contributed by atoms with Crippen molar-refractivity contribution in [2.45, 2.75) is 46.0 Å². The van der Waals surface area contributed by atoms with E-state index in [1.54, 1.807) is 11.3 Å². The Hall–Kier alpha value is -1.65. The zero-order valence-corrected chi connectivity index (χ0v) is 17.1. The van der Waals surface area contributed by atoms with Crippen LogP contribution in [0.15, 0.2) is 24.3 Å². The molecule has 3 nitrogen and oxygen atoms in total. The summed E-state index contributed by atoms with van der Waals surface area (Å²) in [6.45, 7) is 8.72. The second-order valence-electron chi connectivity index (χ2n) is 7.35. The van der Waals surface area contributed by atoms with E-state index in [9.17, 15) is 0 Å². The van der Waals surface area contributed by atoms with Crippen molar-refractivity contribution in [3.05, 3.63) is 40.0 Å². The maximum atomic E-state index is 6.26. The summed E-state index contributed by atoms with van der Waals surface area (Å²) in [7, 11) is 0. The maximum Gasteiger partial charge on any atom is 0.225 e. The summed E-state index contributed by atoms with van der Waals surface area (Å²) in [6.07, 6.45) is 3.72. The summed E-state index contributed by atoms with van der Waals surface area (Å²) in [5, 5.41) is 1.51. The van der Waals surface area contributed by atoms with Gasteiger partial charge in [0.05, 0.1) is 5.39 Å². The van der Waals surface area contributed by atoms with Crippen molar-refractivity contribution < 1.29 is 0 Å². The number of halogens is 1. The first-order valence-corrected chi connectivity index (χ1v) is 10.6. The van der Waals surface area contributed by atoms with Crippen LogP contribution < -0.4 is 4.90 Å². The van der Waals surface area contributed by atoms with E-state index in [2.05, 4.69) is 59.9 Å². The van der Waals surface area contributed by atoms with Crippen LogP contribution in [0.2, 0.25) is 5.28 Å². The first kappa shape index (κ1) is 17.7. The van der Waals surface area contributed by atoms with E-state index in [0.717, 1.165) is 29.1 Å². The Labute approximate surface area is 164 Å². The predicted octanol–water partition coefficient (Wildman–Crippen LogP) is 6.43. The average molecular weight is 386 g/mol. The van der Waals surface area contributed by atoms with Gasteiger partial charge in [-0.15, -0.1) is 11.3 Å². The van der Waals surface area contributed by atoms with E-state index in [1.807, 2.05) is 0 Å². The summed E-state index contributed by atoms with van der Waals surface area (Å²) >= 11 is 7.98. The van der Waals surface area contributed by atoms with Crippen LogP contribution in [0, 0.1) is 6.92 Å². The van der Waals surface area contributed by atoms with Gasteiger partial charge in [0, 0.05) is 23.5 Å². The molecule has 1 saturated heterocycles. The van der Waals surface area contributed by atoms with Crippen LogP contribution in [0.1, 0.15) is 49.5 Å². The summed E-state index contributed by atoms with van der Waals surface area (Å²) in [4.78, 5) is 13.8. The molecule has 0 atom stereocenters. The standard InChI is InChI=1S/C21H24ClN3S/c1-13(2)15-7-9-16(10-8-15)17-14(3)26-20-18(17)19(23-21(22)24-20)25-11-5-4-6-12-25/h7-10,13H,4-6,11-12H2,1-3H3. The molecule has 3 heterocycles. The lowest BCUT2D eigenvalue weighted by molar-refractivity contribution is 0.574. The Bertz CT molecular complexity index is 925. The van der Waals surface area contributed by atoms with E-state index in [4.69, 9.17) is 11.6 Å². The quantitative estimate of drug-likeness (QED) is 0.486. The average Bonchev–Trinajstić information content (AvgIpc) is 2.97. The van der Waals surface area contributed by atoms with Gasteiger partial charge in [0.2, 0.25) is 5.28 Å². The third-order valence-corrected chi connectivity index (χ3v) is 6.37. The molecule has 0 N–H and O–H groups in total. The van der Waals surface area contributed by atoms with Gasteiger partial charge in [0.1, 0.15) is 10.6 Å². The monoisotopic (exact) mass is 385 g/mol. The number of fused-ring (bicyclic) bond motifs is 1. The van der Waals surface area contributed by atoms with Crippen molar-refractivity contribution in [1.29, 1.82) is 0 Å². The van der Waals surface area contributed by atoms with Gasteiger partial charge in [-0.05, 0) is 54.8 Å². The number of nitrogens with zero attached hydrogens (tertiary/aromatic N) is 3. The predicted molar refractivity (Wildman–Crippen MR) is 113 cm³/mol. The van der Waals surface area contributed by atoms with Gasteiger partial charge in [-0.25, -0.2) is 4.98 Å². The molecule has 0 unspecified atom stereocenters. The molecule has 0 amide bonds. The molecule has 136 valence electrons. The van der Waals surface area contributed by atoms with Crippen LogP contribution >= 0.6 is 22.9 Å². The highest BCUT2D eigenvalue weighted by Crippen LogP contribution is 2.42. The Kier molecular flexibility index (Phi) is 4.89. The first-order valence-electron chi connectivity index (χ1n) is 9.36. The molecule has 5 heteroatoms. The second kappa shape index (κ2) is 7.16. The molecule has 1 aliphatic rings. The van der Waals surface area contributed by atoms with Crippen LogP contribution in [-0.4, -0.2) is 23.1 Å². The number of hydrogen-bond acceptors (Lipinski definition) is 4. The molecule has 26 heavy (non-hydrogen) atoms. The van der Waals surface area contributed by atoms with Gasteiger partial charge in [0.25, 0.3) is 0 Å². The molecule has 0 bridgehead atoms. The molecule has 0 spiro atoms. The maximum absolute atomic E-state index is 6.26. The number of hydrogen-bond donors (Lipinski definition) is 0. The summed E-state index contributed by atoms with van der Waals surface area (Å²) in [6, 6.07) is 8.94. The van der Waals surface area contributed by atoms with E-state index in [0.29, 0.717) is 11.2 Å². The van der Waals surface area contributed by atoms with Gasteiger partial charge >= 0.3 is 0 Å². The second-order valence-corrected chi connectivity index (χ2v) is 8.90. The van der Waals surface area contributed by atoms with Crippen molar-refractivity contribution >= 4 is 39.0 Å². The number of thiophene rings is 1. The zero-order valence-electron chi connectivity index (χ0n) is 15.6. The van der Waals surface area contributed by atoms with Crippen LogP contribution in [0.4, 0.5) is 5.82 Å². The number of rotatable bonds is 3. The number of benzene rings is 1. The lowest BCUT2D eigenvalue weighted by Gasteiger charge is -2.28. The normalized spacial score (nSPS) is 15.2. The molecule has 3 aromatic rings. The minimum atomic E-state index is 0.348. The van der Waals surface area contributed by atoms with Crippen molar-refractivity contribution in [1.82, 2.24) is 9.97 Å². The van der Waals surface area contributed by atoms with Gasteiger partial charge in [-0.1, -0.05) is 38.1 Å². The van der Waals surface area contributed by atoms with E-state index < -0.39 is 0 Å². The SMILES string of the molecule is Cc1sc2nc(Cl)nc(N3CCCCC3)c2c1-c1ccc(C(C)C)cc1. The molecule has 0 radical (unpaired) electrons. The molecule has 1 aliphatic heterocycles.